The van der Waals surface area contributed by atoms with E-state index in [1.54, 1.807) is 0 Å². The minimum absolute atomic E-state index is 0.477. The van der Waals surface area contributed by atoms with Gasteiger partial charge >= 0.3 is 0 Å². The lowest BCUT2D eigenvalue weighted by molar-refractivity contribution is 0.920. The summed E-state index contributed by atoms with van der Waals surface area (Å²) in [6, 6.07) is 6.13. The number of nitrogens with one attached hydrogen (secondary N) is 2. The van der Waals surface area contributed by atoms with E-state index in [9.17, 15) is 0 Å². The van der Waals surface area contributed by atoms with Gasteiger partial charge in [-0.3, -0.25) is 0 Å². The van der Waals surface area contributed by atoms with Crippen molar-refractivity contribution in [2.24, 2.45) is 5.84 Å². The molecule has 0 aliphatic heterocycles. The summed E-state index contributed by atoms with van der Waals surface area (Å²) in [6.45, 7) is 4.02. The number of hydrogen-bond acceptors (Lipinski definition) is 5. The number of hydrazine groups is 1. The van der Waals surface area contributed by atoms with Crippen LogP contribution >= 0.6 is 15.9 Å². The molecule has 1 aromatic heterocycles. The first-order chi connectivity index (χ1) is 10.1. The lowest BCUT2D eigenvalue weighted by atomic mass is 10.2. The number of nitrogens with two attached hydrogens (primary N) is 1. The van der Waals surface area contributed by atoms with Gasteiger partial charge in [0, 0.05) is 21.6 Å². The third-order valence-electron chi connectivity index (χ3n) is 3.66. The van der Waals surface area contributed by atoms with Gasteiger partial charge in [-0.05, 0) is 50.5 Å². The van der Waals surface area contributed by atoms with E-state index in [0.29, 0.717) is 11.7 Å². The summed E-state index contributed by atoms with van der Waals surface area (Å²) in [5, 5.41) is 3.37. The van der Waals surface area contributed by atoms with E-state index >= 15 is 0 Å². The zero-order valence-corrected chi connectivity index (χ0v) is 13.7. The molecule has 6 heteroatoms. The van der Waals surface area contributed by atoms with E-state index in [2.05, 4.69) is 49.6 Å². The molecule has 110 valence electrons. The molecule has 0 bridgehead atoms. The maximum Gasteiger partial charge on any atom is 0.148 e. The van der Waals surface area contributed by atoms with Crippen molar-refractivity contribution in [1.29, 1.82) is 0 Å². The average molecular weight is 348 g/mol. The largest absolute Gasteiger partial charge is 0.340 e. The first kappa shape index (κ1) is 14.3. The Hall–Kier alpha value is -1.66. The second-order valence-electron chi connectivity index (χ2n) is 5.41. The van der Waals surface area contributed by atoms with Gasteiger partial charge < -0.3 is 10.7 Å². The molecular formula is C15H18BrN5. The fourth-order valence-corrected chi connectivity index (χ4v) is 2.43. The average Bonchev–Trinajstić information content (AvgIpc) is 3.29. The minimum Gasteiger partial charge on any atom is -0.340 e. The fraction of sp³-hybridized carbons (Fsp3) is 0.333. The molecule has 0 unspecified atom stereocenters. The molecule has 1 aliphatic carbocycles. The molecule has 0 saturated heterocycles. The van der Waals surface area contributed by atoms with E-state index in [1.807, 2.05) is 19.1 Å². The highest BCUT2D eigenvalue weighted by Gasteiger charge is 2.28. The molecule has 0 radical (unpaired) electrons. The molecule has 2 aromatic rings. The predicted molar refractivity (Wildman–Crippen MR) is 88.7 cm³/mol. The van der Waals surface area contributed by atoms with E-state index in [0.717, 1.165) is 40.2 Å². The zero-order valence-electron chi connectivity index (χ0n) is 12.1. The van der Waals surface area contributed by atoms with Gasteiger partial charge in [0.1, 0.15) is 17.5 Å². The van der Waals surface area contributed by atoms with Crippen LogP contribution in [0.15, 0.2) is 22.7 Å². The Labute approximate surface area is 132 Å². The molecule has 5 nitrogen and oxygen atoms in total. The maximum atomic E-state index is 5.57. The quantitative estimate of drug-likeness (QED) is 0.579. The lowest BCUT2D eigenvalue weighted by Crippen LogP contribution is -2.13. The van der Waals surface area contributed by atoms with Gasteiger partial charge in [-0.25, -0.2) is 15.8 Å². The second kappa shape index (κ2) is 5.61. The normalized spacial score (nSPS) is 14.1. The number of rotatable bonds is 4. The van der Waals surface area contributed by atoms with Crippen molar-refractivity contribution >= 4 is 33.3 Å². The molecule has 4 N–H and O–H groups in total. The van der Waals surface area contributed by atoms with Crippen LogP contribution in [0.3, 0.4) is 0 Å². The number of nitrogens with zero attached hydrogens (tertiary/aromatic N) is 2. The van der Waals surface area contributed by atoms with Crippen molar-refractivity contribution in [1.82, 2.24) is 9.97 Å². The van der Waals surface area contributed by atoms with Crippen LogP contribution in [0, 0.1) is 13.8 Å². The van der Waals surface area contributed by atoms with Crippen molar-refractivity contribution in [2.75, 3.05) is 10.7 Å². The lowest BCUT2D eigenvalue weighted by Gasteiger charge is -2.14. The van der Waals surface area contributed by atoms with Crippen LogP contribution < -0.4 is 16.6 Å². The second-order valence-corrected chi connectivity index (χ2v) is 6.27. The number of nitrogen functional groups attached to an aromatic ring is 1. The van der Waals surface area contributed by atoms with Crippen molar-refractivity contribution in [3.8, 4) is 0 Å². The summed E-state index contributed by atoms with van der Waals surface area (Å²) in [4.78, 5) is 9.15. The van der Waals surface area contributed by atoms with Gasteiger partial charge in [0.05, 0.1) is 0 Å². The maximum absolute atomic E-state index is 5.57. The molecule has 1 aliphatic rings. The van der Waals surface area contributed by atoms with Gasteiger partial charge in [0.25, 0.3) is 0 Å². The monoisotopic (exact) mass is 347 g/mol. The number of benzene rings is 1. The molecular weight excluding hydrogens is 330 g/mol. The molecule has 3 rings (SSSR count). The van der Waals surface area contributed by atoms with Gasteiger partial charge in [-0.2, -0.15) is 0 Å². The first-order valence-electron chi connectivity index (χ1n) is 6.97. The highest BCUT2D eigenvalue weighted by Crippen LogP contribution is 2.39. The number of anilines is 3. The van der Waals surface area contributed by atoms with Crippen molar-refractivity contribution < 1.29 is 0 Å². The Morgan fingerprint density at radius 1 is 1.19 bits per heavy atom. The Morgan fingerprint density at radius 3 is 2.52 bits per heavy atom. The number of halogens is 1. The fourth-order valence-electron chi connectivity index (χ4n) is 2.18. The van der Waals surface area contributed by atoms with Crippen LogP contribution in [0.2, 0.25) is 0 Å². The van der Waals surface area contributed by atoms with E-state index < -0.39 is 0 Å². The molecule has 21 heavy (non-hydrogen) atoms. The third kappa shape index (κ3) is 3.01. The number of aromatic nitrogens is 2. The zero-order chi connectivity index (χ0) is 15.0. The van der Waals surface area contributed by atoms with E-state index in [-0.39, 0.29) is 0 Å². The van der Waals surface area contributed by atoms with Crippen LogP contribution in [-0.4, -0.2) is 9.97 Å². The molecule has 1 fully saturated rings. The van der Waals surface area contributed by atoms with Crippen molar-refractivity contribution in [2.45, 2.75) is 32.6 Å². The Bertz CT molecular complexity index is 682. The molecule has 1 heterocycles. The van der Waals surface area contributed by atoms with Gasteiger partial charge in [0.2, 0.25) is 0 Å². The minimum atomic E-state index is 0.477. The van der Waals surface area contributed by atoms with E-state index in [1.165, 1.54) is 5.56 Å². The summed E-state index contributed by atoms with van der Waals surface area (Å²) < 4.78 is 1.09. The Kier molecular flexibility index (Phi) is 3.82. The summed E-state index contributed by atoms with van der Waals surface area (Å²) >= 11 is 3.51. The van der Waals surface area contributed by atoms with E-state index in [4.69, 9.17) is 5.84 Å². The Balaban J connectivity index is 1.96. The van der Waals surface area contributed by atoms with Gasteiger partial charge in [0.15, 0.2) is 0 Å². The summed E-state index contributed by atoms with van der Waals surface area (Å²) in [7, 11) is 0. The smallest absolute Gasteiger partial charge is 0.148 e. The standard InChI is InChI=1S/C15H18BrN5/c1-8-7-11(5-6-12(8)16)18-13-9(2)14(21-17)20-15(19-13)10-3-4-10/h5-7,10H,3-4,17H2,1-2H3,(H2,18,19,20,21). The number of aryl methyl sites for hydroxylation is 1. The highest BCUT2D eigenvalue weighted by molar-refractivity contribution is 9.10. The first-order valence-corrected chi connectivity index (χ1v) is 7.76. The van der Waals surface area contributed by atoms with Crippen LogP contribution in [-0.2, 0) is 0 Å². The molecule has 0 atom stereocenters. The van der Waals surface area contributed by atoms with Crippen LogP contribution in [0.1, 0.15) is 35.7 Å². The highest BCUT2D eigenvalue weighted by atomic mass is 79.9. The van der Waals surface area contributed by atoms with Crippen LogP contribution in [0.4, 0.5) is 17.3 Å². The summed E-state index contributed by atoms with van der Waals surface area (Å²) in [5.74, 6) is 8.41. The van der Waals surface area contributed by atoms with Crippen LogP contribution in [0.25, 0.3) is 0 Å². The van der Waals surface area contributed by atoms with Crippen molar-refractivity contribution in [3.05, 3.63) is 39.6 Å². The van der Waals surface area contributed by atoms with Gasteiger partial charge in [-0.1, -0.05) is 15.9 Å². The Morgan fingerprint density at radius 2 is 1.90 bits per heavy atom. The molecule has 0 spiro atoms. The molecule has 0 amide bonds. The van der Waals surface area contributed by atoms with Crippen molar-refractivity contribution in [3.63, 3.8) is 0 Å². The van der Waals surface area contributed by atoms with Gasteiger partial charge in [-0.15, -0.1) is 0 Å². The summed E-state index contributed by atoms with van der Waals surface area (Å²) in [5.41, 5.74) is 5.76. The predicted octanol–water partition coefficient (Wildman–Crippen LogP) is 3.76. The van der Waals surface area contributed by atoms with Crippen LogP contribution in [0.5, 0.6) is 0 Å². The third-order valence-corrected chi connectivity index (χ3v) is 4.55. The topological polar surface area (TPSA) is 75.9 Å². The SMILES string of the molecule is Cc1cc(Nc2nc(C3CC3)nc(NN)c2C)ccc1Br. The summed E-state index contributed by atoms with van der Waals surface area (Å²) in [6.07, 6.45) is 2.31. The number of hydrogen-bond donors (Lipinski definition) is 3. The molecule has 1 aromatic carbocycles. The molecule has 1 saturated carbocycles.